The molecule has 0 unspecified atom stereocenters. The Kier molecular flexibility index (Phi) is 5.59. The van der Waals surface area contributed by atoms with E-state index in [1.54, 1.807) is 6.07 Å². The second-order valence-corrected chi connectivity index (χ2v) is 4.52. The lowest BCUT2D eigenvalue weighted by atomic mass is 10.1. The maximum Gasteiger partial charge on any atom is 0.573 e. The number of rotatable bonds is 5. The van der Waals surface area contributed by atoms with Gasteiger partial charge in [0.1, 0.15) is 5.75 Å². The summed E-state index contributed by atoms with van der Waals surface area (Å²) in [7, 11) is 0. The number of alkyl halides is 5. The second kappa shape index (κ2) is 6.50. The Morgan fingerprint density at radius 3 is 2.35 bits per heavy atom. The molecule has 0 amide bonds. The monoisotopic (exact) mass is 330 g/mol. The van der Waals surface area contributed by atoms with Crippen molar-refractivity contribution in [3.05, 3.63) is 29.3 Å². The van der Waals surface area contributed by atoms with Gasteiger partial charge in [0.25, 0.3) is 0 Å². The van der Waals surface area contributed by atoms with Crippen molar-refractivity contribution in [3.63, 3.8) is 0 Å². The van der Waals surface area contributed by atoms with Crippen molar-refractivity contribution in [2.24, 2.45) is 0 Å². The predicted molar refractivity (Wildman–Crippen MR) is 64.8 cm³/mol. The lowest BCUT2D eigenvalue weighted by Gasteiger charge is -2.11. The van der Waals surface area contributed by atoms with Crippen LogP contribution in [0.4, 0.5) is 13.2 Å². The van der Waals surface area contributed by atoms with Crippen molar-refractivity contribution >= 4 is 27.5 Å². The van der Waals surface area contributed by atoms with Crippen LogP contribution >= 0.6 is 27.5 Å². The minimum atomic E-state index is -4.67. The van der Waals surface area contributed by atoms with Crippen molar-refractivity contribution in [1.29, 1.82) is 0 Å². The number of halogens is 5. The van der Waals surface area contributed by atoms with Gasteiger partial charge in [-0.3, -0.25) is 0 Å². The summed E-state index contributed by atoms with van der Waals surface area (Å²) in [5.41, 5.74) is 1.42. The Bertz CT molecular complexity index is 368. The molecule has 0 spiro atoms. The van der Waals surface area contributed by atoms with E-state index in [1.165, 1.54) is 12.1 Å². The largest absolute Gasteiger partial charge is 0.573 e. The lowest BCUT2D eigenvalue weighted by molar-refractivity contribution is -0.274. The summed E-state index contributed by atoms with van der Waals surface area (Å²) in [6.07, 6.45) is -3.14. The molecule has 0 N–H and O–H groups in total. The van der Waals surface area contributed by atoms with Crippen LogP contribution in [0.1, 0.15) is 17.5 Å². The molecule has 0 bridgehead atoms. The highest BCUT2D eigenvalue weighted by atomic mass is 79.9. The predicted octanol–water partition coefficient (Wildman–Crippen LogP) is 4.65. The highest BCUT2D eigenvalue weighted by Gasteiger charge is 2.31. The molecule has 1 aromatic rings. The van der Waals surface area contributed by atoms with Crippen molar-refractivity contribution in [2.45, 2.75) is 25.1 Å². The Morgan fingerprint density at radius 1 is 1.18 bits per heavy atom. The highest BCUT2D eigenvalue weighted by molar-refractivity contribution is 9.09. The maximum atomic E-state index is 12.1. The molecular formula is C11H11BrClF3O. The third-order valence-electron chi connectivity index (χ3n) is 2.01. The van der Waals surface area contributed by atoms with Crippen LogP contribution in [0, 0.1) is 0 Å². The topological polar surface area (TPSA) is 9.23 Å². The average Bonchev–Trinajstić information content (AvgIpc) is 2.23. The number of ether oxygens (including phenoxy) is 1. The van der Waals surface area contributed by atoms with Gasteiger partial charge < -0.3 is 4.74 Å². The average molecular weight is 332 g/mol. The number of hydrogen-bond donors (Lipinski definition) is 0. The van der Waals surface area contributed by atoms with Crippen LogP contribution in [0.3, 0.4) is 0 Å². The summed E-state index contributed by atoms with van der Waals surface area (Å²) >= 11 is 8.90. The first-order chi connectivity index (χ1) is 7.94. The smallest absolute Gasteiger partial charge is 0.406 e. The Morgan fingerprint density at radius 2 is 1.82 bits per heavy atom. The van der Waals surface area contributed by atoms with Crippen molar-refractivity contribution in [1.82, 2.24) is 0 Å². The molecule has 0 saturated heterocycles. The summed E-state index contributed by atoms with van der Waals surface area (Å²) in [5, 5.41) is 0.799. The van der Waals surface area contributed by atoms with Gasteiger partial charge in [0.15, 0.2) is 0 Å². The van der Waals surface area contributed by atoms with Crippen LogP contribution in [0.25, 0.3) is 0 Å². The fraction of sp³-hybridized carbons (Fsp3) is 0.455. The first kappa shape index (κ1) is 14.6. The fourth-order valence-corrected chi connectivity index (χ4v) is 1.85. The summed E-state index contributed by atoms with van der Waals surface area (Å²) in [5.74, 6) is -0.0451. The van der Waals surface area contributed by atoms with E-state index in [0.717, 1.165) is 17.3 Å². The summed E-state index contributed by atoms with van der Waals surface area (Å²) in [4.78, 5) is 0. The van der Waals surface area contributed by atoms with E-state index in [9.17, 15) is 13.2 Å². The van der Waals surface area contributed by atoms with Crippen LogP contribution in [-0.2, 0) is 12.3 Å². The van der Waals surface area contributed by atoms with Crippen LogP contribution < -0.4 is 4.74 Å². The van der Waals surface area contributed by atoms with Gasteiger partial charge in [0.05, 0.1) is 0 Å². The molecule has 0 heterocycles. The molecule has 0 aliphatic rings. The molecule has 0 aliphatic heterocycles. The maximum absolute atomic E-state index is 12.1. The number of aryl methyl sites for hydroxylation is 1. The summed E-state index contributed by atoms with van der Waals surface area (Å²) < 4.78 is 40.2. The van der Waals surface area contributed by atoms with E-state index < -0.39 is 6.36 Å². The van der Waals surface area contributed by atoms with Gasteiger partial charge in [0.2, 0.25) is 0 Å². The minimum Gasteiger partial charge on any atom is -0.406 e. The molecule has 1 nitrogen and oxygen atoms in total. The molecule has 0 radical (unpaired) electrons. The zero-order chi connectivity index (χ0) is 12.9. The van der Waals surface area contributed by atoms with Crippen molar-refractivity contribution in [2.75, 3.05) is 5.33 Å². The van der Waals surface area contributed by atoms with Gasteiger partial charge in [-0.2, -0.15) is 0 Å². The van der Waals surface area contributed by atoms with Crippen LogP contribution in [-0.4, -0.2) is 11.7 Å². The third kappa shape index (κ3) is 5.64. The van der Waals surface area contributed by atoms with E-state index in [2.05, 4.69) is 20.7 Å². The van der Waals surface area contributed by atoms with E-state index >= 15 is 0 Å². The van der Waals surface area contributed by atoms with Gasteiger partial charge >= 0.3 is 6.36 Å². The molecule has 0 fully saturated rings. The molecular weight excluding hydrogens is 320 g/mol. The van der Waals surface area contributed by atoms with Gasteiger partial charge in [-0.05, 0) is 36.1 Å². The summed E-state index contributed by atoms with van der Waals surface area (Å²) in [6.45, 7) is 0. The van der Waals surface area contributed by atoms with Gasteiger partial charge in [0, 0.05) is 11.2 Å². The molecule has 6 heteroatoms. The Balaban J connectivity index is 2.88. The standard InChI is InChI=1S/C11H11BrClF3O/c12-3-1-2-8-4-9(7-13)6-10(5-8)17-11(14,15)16/h4-6H,1-3,7H2. The van der Waals surface area contributed by atoms with E-state index in [0.29, 0.717) is 12.0 Å². The highest BCUT2D eigenvalue weighted by Crippen LogP contribution is 2.26. The van der Waals surface area contributed by atoms with E-state index in [4.69, 9.17) is 11.6 Å². The molecule has 17 heavy (non-hydrogen) atoms. The van der Waals surface area contributed by atoms with Crippen molar-refractivity contribution < 1.29 is 17.9 Å². The summed E-state index contributed by atoms with van der Waals surface area (Å²) in [6, 6.07) is 4.49. The normalized spacial score (nSPS) is 11.6. The minimum absolute atomic E-state index is 0.163. The second-order valence-electron chi connectivity index (χ2n) is 3.46. The lowest BCUT2D eigenvalue weighted by Crippen LogP contribution is -2.17. The number of benzene rings is 1. The van der Waals surface area contributed by atoms with E-state index in [-0.39, 0.29) is 11.6 Å². The third-order valence-corrected chi connectivity index (χ3v) is 2.88. The fourth-order valence-electron chi connectivity index (χ4n) is 1.41. The molecule has 1 rings (SSSR count). The first-order valence-corrected chi connectivity index (χ1v) is 6.60. The van der Waals surface area contributed by atoms with Crippen LogP contribution in [0.2, 0.25) is 0 Å². The Hall–Kier alpha value is -0.420. The van der Waals surface area contributed by atoms with Gasteiger partial charge in [-0.1, -0.05) is 22.0 Å². The molecule has 1 aromatic carbocycles. The van der Waals surface area contributed by atoms with E-state index in [1.807, 2.05) is 0 Å². The molecule has 0 aliphatic carbocycles. The molecule has 0 saturated carbocycles. The van der Waals surface area contributed by atoms with Gasteiger partial charge in [-0.25, -0.2) is 0 Å². The SMILES string of the molecule is FC(F)(F)Oc1cc(CCl)cc(CCCBr)c1. The Labute approximate surface area is 111 Å². The quantitative estimate of drug-likeness (QED) is 0.714. The zero-order valence-electron chi connectivity index (χ0n) is 8.86. The van der Waals surface area contributed by atoms with Gasteiger partial charge in [-0.15, -0.1) is 24.8 Å². The molecule has 0 atom stereocenters. The van der Waals surface area contributed by atoms with Crippen LogP contribution in [0.5, 0.6) is 5.75 Å². The number of hydrogen-bond acceptors (Lipinski definition) is 1. The molecule has 96 valence electrons. The first-order valence-electron chi connectivity index (χ1n) is 4.95. The zero-order valence-corrected chi connectivity index (χ0v) is 11.2. The van der Waals surface area contributed by atoms with Crippen molar-refractivity contribution in [3.8, 4) is 5.75 Å². The van der Waals surface area contributed by atoms with Crippen LogP contribution in [0.15, 0.2) is 18.2 Å². The molecule has 0 aromatic heterocycles.